The Bertz CT molecular complexity index is 797. The van der Waals surface area contributed by atoms with E-state index in [-0.39, 0.29) is 18.2 Å². The summed E-state index contributed by atoms with van der Waals surface area (Å²) in [4.78, 5) is 13.6. The number of hydrogen-bond acceptors (Lipinski definition) is 4. The average Bonchev–Trinajstić information content (AvgIpc) is 3.13. The molecule has 0 saturated heterocycles. The summed E-state index contributed by atoms with van der Waals surface area (Å²) in [6.07, 6.45) is 2.17. The number of aromatic nitrogens is 3. The molecule has 2 N–H and O–H groups in total. The molecule has 6 nitrogen and oxygen atoms in total. The fourth-order valence-electron chi connectivity index (χ4n) is 2.28. The molecule has 0 spiro atoms. The summed E-state index contributed by atoms with van der Waals surface area (Å²) in [5.74, 6) is -0.246. The van der Waals surface area contributed by atoms with Crippen LogP contribution in [0.2, 0.25) is 0 Å². The molecular formula is C18H18N4O2. The predicted molar refractivity (Wildman–Crippen MR) is 89.8 cm³/mol. The van der Waals surface area contributed by atoms with E-state index in [1.807, 2.05) is 54.6 Å². The van der Waals surface area contributed by atoms with Crippen LogP contribution in [0.15, 0.2) is 60.8 Å². The minimum Gasteiger partial charge on any atom is -0.392 e. The van der Waals surface area contributed by atoms with E-state index in [2.05, 4.69) is 15.5 Å². The Morgan fingerprint density at radius 1 is 1.04 bits per heavy atom. The molecule has 0 saturated carbocycles. The van der Waals surface area contributed by atoms with E-state index in [4.69, 9.17) is 5.11 Å². The monoisotopic (exact) mass is 322 g/mol. The molecule has 122 valence electrons. The Balaban J connectivity index is 1.54. The van der Waals surface area contributed by atoms with Gasteiger partial charge < -0.3 is 10.4 Å². The molecule has 3 rings (SSSR count). The van der Waals surface area contributed by atoms with E-state index in [0.717, 1.165) is 16.8 Å². The van der Waals surface area contributed by atoms with Gasteiger partial charge in [-0.3, -0.25) is 4.79 Å². The largest absolute Gasteiger partial charge is 0.392 e. The normalized spacial score (nSPS) is 10.5. The number of nitrogens with one attached hydrogen (secondary N) is 1. The van der Waals surface area contributed by atoms with Crippen molar-refractivity contribution in [1.29, 1.82) is 0 Å². The van der Waals surface area contributed by atoms with Crippen LogP contribution in [0.3, 0.4) is 0 Å². The zero-order valence-electron chi connectivity index (χ0n) is 13.1. The Hall–Kier alpha value is -2.99. The van der Waals surface area contributed by atoms with Crippen molar-refractivity contribution in [1.82, 2.24) is 20.3 Å². The standard InChI is InChI=1S/C18H18N4O2/c23-13-15-8-6-14(7-9-15)10-11-19-18(24)17-12-20-22(21-17)16-4-2-1-3-5-16/h1-9,12,23H,10-11,13H2,(H,19,24). The topological polar surface area (TPSA) is 80.0 Å². The minimum atomic E-state index is -0.246. The van der Waals surface area contributed by atoms with Crippen molar-refractivity contribution in [3.8, 4) is 5.69 Å². The van der Waals surface area contributed by atoms with Crippen LogP contribution in [-0.4, -0.2) is 32.6 Å². The zero-order chi connectivity index (χ0) is 16.8. The van der Waals surface area contributed by atoms with E-state index in [0.29, 0.717) is 13.0 Å². The molecule has 1 heterocycles. The highest BCUT2D eigenvalue weighted by Gasteiger charge is 2.10. The van der Waals surface area contributed by atoms with Crippen molar-refractivity contribution in [3.63, 3.8) is 0 Å². The van der Waals surface area contributed by atoms with Gasteiger partial charge in [0.05, 0.1) is 18.5 Å². The first-order chi connectivity index (χ1) is 11.8. The molecule has 0 aliphatic rings. The summed E-state index contributed by atoms with van der Waals surface area (Å²) < 4.78 is 0. The molecule has 1 aromatic heterocycles. The molecule has 0 aliphatic heterocycles. The van der Waals surface area contributed by atoms with Gasteiger partial charge in [-0.2, -0.15) is 9.90 Å². The number of aliphatic hydroxyl groups is 1. The number of carbonyl (C=O) groups excluding carboxylic acids is 1. The molecule has 0 atom stereocenters. The summed E-state index contributed by atoms with van der Waals surface area (Å²) >= 11 is 0. The van der Waals surface area contributed by atoms with E-state index >= 15 is 0 Å². The lowest BCUT2D eigenvalue weighted by molar-refractivity contribution is 0.0948. The van der Waals surface area contributed by atoms with Gasteiger partial charge in [0.15, 0.2) is 5.69 Å². The lowest BCUT2D eigenvalue weighted by Crippen LogP contribution is -2.26. The molecule has 2 aromatic carbocycles. The van der Waals surface area contributed by atoms with Crippen LogP contribution < -0.4 is 5.32 Å². The summed E-state index contributed by atoms with van der Waals surface area (Å²) in [6.45, 7) is 0.545. The van der Waals surface area contributed by atoms with Crippen molar-refractivity contribution in [2.45, 2.75) is 13.0 Å². The number of rotatable bonds is 6. The van der Waals surface area contributed by atoms with Crippen molar-refractivity contribution < 1.29 is 9.90 Å². The predicted octanol–water partition coefficient (Wildman–Crippen LogP) is 1.73. The third kappa shape index (κ3) is 3.85. The summed E-state index contributed by atoms with van der Waals surface area (Å²) in [5, 5.41) is 20.2. The average molecular weight is 322 g/mol. The Morgan fingerprint density at radius 2 is 1.75 bits per heavy atom. The summed E-state index contributed by atoms with van der Waals surface area (Å²) in [7, 11) is 0. The van der Waals surface area contributed by atoms with E-state index in [9.17, 15) is 4.79 Å². The van der Waals surface area contributed by atoms with Crippen LogP contribution in [0.1, 0.15) is 21.6 Å². The quantitative estimate of drug-likeness (QED) is 0.724. The highest BCUT2D eigenvalue weighted by atomic mass is 16.3. The third-order valence-corrected chi connectivity index (χ3v) is 3.62. The molecule has 0 unspecified atom stereocenters. The summed E-state index contributed by atoms with van der Waals surface area (Å²) in [5.41, 5.74) is 3.07. The SMILES string of the molecule is O=C(NCCc1ccc(CO)cc1)c1cnn(-c2ccccc2)n1. The minimum absolute atomic E-state index is 0.0358. The van der Waals surface area contributed by atoms with Crippen LogP contribution >= 0.6 is 0 Å². The van der Waals surface area contributed by atoms with Crippen LogP contribution in [0.4, 0.5) is 0 Å². The van der Waals surface area contributed by atoms with Gasteiger partial charge in [-0.05, 0) is 29.7 Å². The number of aliphatic hydroxyl groups excluding tert-OH is 1. The van der Waals surface area contributed by atoms with Gasteiger partial charge in [0.2, 0.25) is 0 Å². The second kappa shape index (κ2) is 7.52. The Labute approximate surface area is 139 Å². The molecule has 3 aromatic rings. The Kier molecular flexibility index (Phi) is 4.98. The molecule has 1 amide bonds. The van der Waals surface area contributed by atoms with E-state index in [1.54, 1.807) is 0 Å². The van der Waals surface area contributed by atoms with Gasteiger partial charge in [0.25, 0.3) is 5.91 Å². The smallest absolute Gasteiger partial charge is 0.273 e. The number of nitrogens with zero attached hydrogens (tertiary/aromatic N) is 3. The molecule has 0 fully saturated rings. The molecule has 0 aliphatic carbocycles. The maximum atomic E-state index is 12.1. The number of hydrogen-bond donors (Lipinski definition) is 2. The van der Waals surface area contributed by atoms with Gasteiger partial charge in [0.1, 0.15) is 0 Å². The van der Waals surface area contributed by atoms with Gasteiger partial charge in [-0.25, -0.2) is 0 Å². The molecule has 0 bridgehead atoms. The lowest BCUT2D eigenvalue weighted by atomic mass is 10.1. The number of para-hydroxylation sites is 1. The van der Waals surface area contributed by atoms with Crippen LogP contribution in [-0.2, 0) is 13.0 Å². The van der Waals surface area contributed by atoms with E-state index in [1.165, 1.54) is 11.0 Å². The molecular weight excluding hydrogens is 304 g/mol. The van der Waals surface area contributed by atoms with Gasteiger partial charge in [0, 0.05) is 6.54 Å². The second-order valence-corrected chi connectivity index (χ2v) is 5.34. The maximum absolute atomic E-state index is 12.1. The van der Waals surface area contributed by atoms with Crippen LogP contribution in [0.5, 0.6) is 0 Å². The van der Waals surface area contributed by atoms with Gasteiger partial charge in [-0.1, -0.05) is 42.5 Å². The Morgan fingerprint density at radius 3 is 2.46 bits per heavy atom. The van der Waals surface area contributed by atoms with Gasteiger partial charge in [-0.15, -0.1) is 5.10 Å². The first kappa shape index (κ1) is 15.9. The fourth-order valence-corrected chi connectivity index (χ4v) is 2.28. The van der Waals surface area contributed by atoms with Crippen molar-refractivity contribution in [2.75, 3.05) is 6.54 Å². The second-order valence-electron chi connectivity index (χ2n) is 5.34. The molecule has 0 radical (unpaired) electrons. The highest BCUT2D eigenvalue weighted by molar-refractivity contribution is 5.91. The molecule has 24 heavy (non-hydrogen) atoms. The van der Waals surface area contributed by atoms with Crippen molar-refractivity contribution in [2.24, 2.45) is 0 Å². The maximum Gasteiger partial charge on any atom is 0.273 e. The highest BCUT2D eigenvalue weighted by Crippen LogP contribution is 2.06. The van der Waals surface area contributed by atoms with Crippen LogP contribution in [0.25, 0.3) is 5.69 Å². The van der Waals surface area contributed by atoms with Crippen LogP contribution in [0, 0.1) is 0 Å². The van der Waals surface area contributed by atoms with E-state index < -0.39 is 0 Å². The fraction of sp³-hybridized carbons (Fsp3) is 0.167. The zero-order valence-corrected chi connectivity index (χ0v) is 13.1. The number of amides is 1. The first-order valence-electron chi connectivity index (χ1n) is 7.71. The van der Waals surface area contributed by atoms with Gasteiger partial charge >= 0.3 is 0 Å². The molecule has 6 heteroatoms. The first-order valence-corrected chi connectivity index (χ1v) is 7.71. The van der Waals surface area contributed by atoms with Crippen molar-refractivity contribution >= 4 is 5.91 Å². The van der Waals surface area contributed by atoms with Crippen molar-refractivity contribution in [3.05, 3.63) is 77.6 Å². The third-order valence-electron chi connectivity index (χ3n) is 3.62. The summed E-state index contributed by atoms with van der Waals surface area (Å²) in [6, 6.07) is 17.1. The number of benzene rings is 2. The lowest BCUT2D eigenvalue weighted by Gasteiger charge is -2.04. The number of carbonyl (C=O) groups is 1.